The third kappa shape index (κ3) is 2.56. The van der Waals surface area contributed by atoms with Gasteiger partial charge in [0.2, 0.25) is 0 Å². The zero-order valence-electron chi connectivity index (χ0n) is 18.8. The Morgan fingerprint density at radius 2 is 1.24 bits per heavy atom. The van der Waals surface area contributed by atoms with Crippen LogP contribution in [-0.2, 0) is 5.41 Å². The van der Waals surface area contributed by atoms with Gasteiger partial charge in [-0.1, -0.05) is 62.4 Å². The lowest BCUT2D eigenvalue weighted by atomic mass is 9.87. The molecule has 0 saturated heterocycles. The number of carbonyl (C=O) groups excluding carboxylic acids is 2. The molecule has 1 heterocycles. The summed E-state index contributed by atoms with van der Waals surface area (Å²) in [5.41, 5.74) is 4.98. The normalized spacial score (nSPS) is 15.6. The number of hydrogen-bond donors (Lipinski definition) is 0. The molecule has 0 amide bonds. The summed E-state index contributed by atoms with van der Waals surface area (Å²) in [6.45, 7) is 4.48. The van der Waals surface area contributed by atoms with Crippen LogP contribution >= 0.6 is 11.3 Å². The quantitative estimate of drug-likeness (QED) is 0.146. The van der Waals surface area contributed by atoms with Crippen molar-refractivity contribution in [1.82, 2.24) is 0 Å². The number of allylic oxidation sites excluding steroid dienone is 1. The van der Waals surface area contributed by atoms with E-state index in [9.17, 15) is 9.59 Å². The summed E-state index contributed by atoms with van der Waals surface area (Å²) >= 11 is 1.68. The van der Waals surface area contributed by atoms with Crippen LogP contribution in [0.4, 0.5) is 0 Å². The van der Waals surface area contributed by atoms with Crippen LogP contribution in [0, 0.1) is 0 Å². The van der Waals surface area contributed by atoms with Gasteiger partial charge in [-0.05, 0) is 74.6 Å². The molecule has 2 nitrogen and oxygen atoms in total. The van der Waals surface area contributed by atoms with Crippen molar-refractivity contribution in [2.45, 2.75) is 19.3 Å². The molecule has 0 atom stereocenters. The molecule has 0 unspecified atom stereocenters. The third-order valence-electron chi connectivity index (χ3n) is 7.32. The highest BCUT2D eigenvalue weighted by atomic mass is 32.1. The Kier molecular flexibility index (Phi) is 3.82. The van der Waals surface area contributed by atoms with Crippen molar-refractivity contribution < 1.29 is 9.59 Å². The molecule has 2 aliphatic carbocycles. The molecule has 0 aliphatic heterocycles. The summed E-state index contributed by atoms with van der Waals surface area (Å²) in [7, 11) is 0. The molecule has 5 aromatic rings. The number of rotatable bonds is 1. The van der Waals surface area contributed by atoms with Crippen molar-refractivity contribution in [3.05, 3.63) is 111 Å². The summed E-state index contributed by atoms with van der Waals surface area (Å²) in [6, 6.07) is 26.7. The van der Waals surface area contributed by atoms with E-state index in [1.165, 1.54) is 21.6 Å². The van der Waals surface area contributed by atoms with E-state index in [4.69, 9.17) is 0 Å². The minimum absolute atomic E-state index is 0.0836. The Morgan fingerprint density at radius 3 is 1.88 bits per heavy atom. The van der Waals surface area contributed by atoms with Gasteiger partial charge in [-0.25, -0.2) is 0 Å². The lowest BCUT2D eigenvalue weighted by Gasteiger charge is -2.19. The number of hydrogen-bond acceptors (Lipinski definition) is 3. The molecule has 162 valence electrons. The second-order valence-electron chi connectivity index (χ2n) is 9.72. The van der Waals surface area contributed by atoms with Gasteiger partial charge in [0.05, 0.1) is 5.57 Å². The number of fused-ring (bicyclic) bond motifs is 6. The predicted molar refractivity (Wildman–Crippen MR) is 140 cm³/mol. The SMILES string of the molecule is CC1(C)c2ccccc2-c2cc(C=C3C(=O)c4cc5cc6ccccc6cc5cc4C3=O)sc21. The molecule has 0 fully saturated rings. The molecule has 1 aromatic heterocycles. The molecule has 0 N–H and O–H groups in total. The standard InChI is InChI=1S/C31H20O2S/c1-31(2)27-10-6-5-9-22(27)25-15-21(34-30(25)31)16-26-28(32)23-13-19-11-17-7-3-4-8-18(17)12-20(19)14-24(23)29(26)33/h3-16H,1-2H3. The monoisotopic (exact) mass is 456 g/mol. The van der Waals surface area contributed by atoms with Crippen LogP contribution in [0.2, 0.25) is 0 Å². The Hall–Kier alpha value is -3.82. The van der Waals surface area contributed by atoms with Crippen LogP contribution < -0.4 is 0 Å². The summed E-state index contributed by atoms with van der Waals surface area (Å²) in [6.07, 6.45) is 1.80. The highest BCUT2D eigenvalue weighted by molar-refractivity contribution is 7.13. The van der Waals surface area contributed by atoms with Gasteiger partial charge < -0.3 is 0 Å². The number of thiophene rings is 1. The number of benzene rings is 4. The molecule has 0 spiro atoms. The lowest BCUT2D eigenvalue weighted by Crippen LogP contribution is -2.13. The highest BCUT2D eigenvalue weighted by Crippen LogP contribution is 2.52. The van der Waals surface area contributed by atoms with Crippen LogP contribution in [0.15, 0.2) is 84.4 Å². The molecule has 0 bridgehead atoms. The van der Waals surface area contributed by atoms with Gasteiger partial charge in [-0.2, -0.15) is 0 Å². The first-order chi connectivity index (χ1) is 16.4. The van der Waals surface area contributed by atoms with E-state index >= 15 is 0 Å². The van der Waals surface area contributed by atoms with E-state index in [0.717, 1.165) is 26.4 Å². The predicted octanol–water partition coefficient (Wildman–Crippen LogP) is 7.82. The maximum absolute atomic E-state index is 13.3. The van der Waals surface area contributed by atoms with E-state index in [1.807, 2.05) is 24.3 Å². The van der Waals surface area contributed by atoms with Crippen LogP contribution in [0.1, 0.15) is 49.9 Å². The molecular weight excluding hydrogens is 436 g/mol. The first kappa shape index (κ1) is 19.6. The molecular formula is C31H20O2S. The fraction of sp³-hybridized carbons (Fsp3) is 0.0968. The minimum Gasteiger partial charge on any atom is -0.288 e. The zero-order chi connectivity index (χ0) is 23.2. The number of ketones is 2. The average Bonchev–Trinajstić information content (AvgIpc) is 3.43. The average molecular weight is 457 g/mol. The van der Waals surface area contributed by atoms with E-state index in [-0.39, 0.29) is 22.6 Å². The largest absolute Gasteiger partial charge is 0.288 e. The topological polar surface area (TPSA) is 34.1 Å². The van der Waals surface area contributed by atoms with Crippen LogP contribution in [0.5, 0.6) is 0 Å². The highest BCUT2D eigenvalue weighted by Gasteiger charge is 2.38. The molecule has 0 saturated carbocycles. The smallest absolute Gasteiger partial charge is 0.197 e. The zero-order valence-corrected chi connectivity index (χ0v) is 19.6. The fourth-order valence-corrected chi connectivity index (χ4v) is 6.80. The van der Waals surface area contributed by atoms with Crippen molar-refractivity contribution in [3.63, 3.8) is 0 Å². The van der Waals surface area contributed by atoms with Gasteiger partial charge in [0.25, 0.3) is 0 Å². The van der Waals surface area contributed by atoms with Crippen molar-refractivity contribution in [2.24, 2.45) is 0 Å². The van der Waals surface area contributed by atoms with Gasteiger partial charge in [0, 0.05) is 26.3 Å². The Labute approximate surface area is 201 Å². The Morgan fingerprint density at radius 1 is 0.647 bits per heavy atom. The first-order valence-corrected chi connectivity index (χ1v) is 12.3. The summed E-state index contributed by atoms with van der Waals surface area (Å²) in [4.78, 5) is 28.9. The molecule has 3 heteroatoms. The maximum atomic E-state index is 13.3. The summed E-state index contributed by atoms with van der Waals surface area (Å²) in [5, 5.41) is 4.21. The van der Waals surface area contributed by atoms with Gasteiger partial charge in [0.1, 0.15) is 0 Å². The Balaban J connectivity index is 1.35. The first-order valence-electron chi connectivity index (χ1n) is 11.4. The third-order valence-corrected chi connectivity index (χ3v) is 8.72. The van der Waals surface area contributed by atoms with E-state index in [2.05, 4.69) is 68.4 Å². The molecule has 34 heavy (non-hydrogen) atoms. The molecule has 7 rings (SSSR count). The van der Waals surface area contributed by atoms with Crippen molar-refractivity contribution in [3.8, 4) is 11.1 Å². The fourth-order valence-electron chi connectivity index (χ4n) is 5.57. The van der Waals surface area contributed by atoms with Gasteiger partial charge in [-0.3, -0.25) is 9.59 Å². The Bertz CT molecular complexity index is 1690. The second kappa shape index (κ2) is 6.62. The van der Waals surface area contributed by atoms with Crippen molar-refractivity contribution >= 4 is 50.5 Å². The number of Topliss-reactive ketones (excluding diaryl/α,β-unsaturated/α-hetero) is 2. The van der Waals surface area contributed by atoms with E-state index < -0.39 is 0 Å². The maximum Gasteiger partial charge on any atom is 0.197 e. The van der Waals surface area contributed by atoms with Gasteiger partial charge in [0.15, 0.2) is 11.6 Å². The van der Waals surface area contributed by atoms with Crippen molar-refractivity contribution in [1.29, 1.82) is 0 Å². The van der Waals surface area contributed by atoms with E-state index in [0.29, 0.717) is 11.1 Å². The van der Waals surface area contributed by atoms with Gasteiger partial charge >= 0.3 is 0 Å². The minimum atomic E-state index is -0.178. The molecule has 2 aliphatic rings. The lowest BCUT2D eigenvalue weighted by molar-refractivity contribution is 0.0990. The van der Waals surface area contributed by atoms with E-state index in [1.54, 1.807) is 17.4 Å². The second-order valence-corrected chi connectivity index (χ2v) is 10.8. The molecule has 0 radical (unpaired) electrons. The summed E-state index contributed by atoms with van der Waals surface area (Å²) in [5.74, 6) is -0.355. The van der Waals surface area contributed by atoms with Crippen LogP contribution in [0.3, 0.4) is 0 Å². The van der Waals surface area contributed by atoms with Crippen LogP contribution in [0.25, 0.3) is 38.7 Å². The molecule has 4 aromatic carbocycles. The number of carbonyl (C=O) groups is 2. The van der Waals surface area contributed by atoms with Crippen LogP contribution in [-0.4, -0.2) is 11.6 Å². The summed E-state index contributed by atoms with van der Waals surface area (Å²) < 4.78 is 0. The van der Waals surface area contributed by atoms with Gasteiger partial charge in [-0.15, -0.1) is 11.3 Å². The van der Waals surface area contributed by atoms with Crippen molar-refractivity contribution in [2.75, 3.05) is 0 Å².